The summed E-state index contributed by atoms with van der Waals surface area (Å²) in [5, 5.41) is 2.88. The predicted molar refractivity (Wildman–Crippen MR) is 94.8 cm³/mol. The smallest absolute Gasteiger partial charge is 0.252 e. The third-order valence-corrected chi connectivity index (χ3v) is 7.10. The van der Waals surface area contributed by atoms with E-state index >= 15 is 0 Å². The Hall–Kier alpha value is -1.86. The van der Waals surface area contributed by atoms with Gasteiger partial charge in [0.05, 0.1) is 29.3 Å². The average molecular weight is 362 g/mol. The van der Waals surface area contributed by atoms with Gasteiger partial charge in [0.25, 0.3) is 5.91 Å². The molecule has 1 aliphatic heterocycles. The lowest BCUT2D eigenvalue weighted by Gasteiger charge is -2.12. The zero-order valence-corrected chi connectivity index (χ0v) is 14.6. The Morgan fingerprint density at radius 3 is 2.71 bits per heavy atom. The van der Waals surface area contributed by atoms with Crippen molar-refractivity contribution in [1.82, 2.24) is 10.3 Å². The van der Waals surface area contributed by atoms with Gasteiger partial charge in [0, 0.05) is 16.3 Å². The molecule has 1 N–H and O–H groups in total. The van der Waals surface area contributed by atoms with Gasteiger partial charge in [-0.25, -0.2) is 8.42 Å². The van der Waals surface area contributed by atoms with E-state index in [1.54, 1.807) is 12.3 Å². The summed E-state index contributed by atoms with van der Waals surface area (Å²) in [6.07, 6.45) is 2.32. The molecule has 1 aromatic heterocycles. The van der Waals surface area contributed by atoms with E-state index < -0.39 is 9.84 Å². The first-order chi connectivity index (χ1) is 11.5. The van der Waals surface area contributed by atoms with Crippen LogP contribution >= 0.6 is 11.8 Å². The van der Waals surface area contributed by atoms with E-state index in [4.69, 9.17) is 0 Å². The first kappa shape index (κ1) is 17.0. The first-order valence-electron chi connectivity index (χ1n) is 7.68. The molecule has 0 saturated carbocycles. The van der Waals surface area contributed by atoms with E-state index in [9.17, 15) is 13.2 Å². The number of rotatable bonds is 5. The molecule has 1 unspecified atom stereocenters. The first-order valence-corrected chi connectivity index (χ1v) is 10.4. The van der Waals surface area contributed by atoms with Crippen molar-refractivity contribution in [2.24, 2.45) is 0 Å². The number of pyridine rings is 1. The number of amides is 1. The van der Waals surface area contributed by atoms with E-state index in [0.717, 1.165) is 10.6 Å². The summed E-state index contributed by atoms with van der Waals surface area (Å²) in [5.41, 5.74) is 1.36. The van der Waals surface area contributed by atoms with E-state index in [-0.39, 0.29) is 22.7 Å². The van der Waals surface area contributed by atoms with Crippen molar-refractivity contribution in [3.8, 4) is 0 Å². The Bertz CT molecular complexity index is 823. The quantitative estimate of drug-likeness (QED) is 0.883. The molecule has 0 spiro atoms. The second-order valence-electron chi connectivity index (χ2n) is 5.64. The van der Waals surface area contributed by atoms with Crippen molar-refractivity contribution >= 4 is 27.5 Å². The number of sulfone groups is 1. The lowest BCUT2D eigenvalue weighted by molar-refractivity contribution is 0.0947. The number of nitrogens with one attached hydrogen (secondary N) is 1. The normalized spacial score (nSPS) is 19.1. The van der Waals surface area contributed by atoms with E-state index in [2.05, 4.69) is 10.3 Å². The molecule has 7 heteroatoms. The molecule has 1 fully saturated rings. The molecule has 3 rings (SSSR count). The number of carbonyl (C=O) groups excluding carboxylic acids is 1. The van der Waals surface area contributed by atoms with Gasteiger partial charge in [-0.15, -0.1) is 11.8 Å². The van der Waals surface area contributed by atoms with Gasteiger partial charge >= 0.3 is 0 Å². The number of nitrogens with zero attached hydrogens (tertiary/aromatic N) is 1. The monoisotopic (exact) mass is 362 g/mol. The van der Waals surface area contributed by atoms with Crippen molar-refractivity contribution in [2.45, 2.75) is 23.1 Å². The molecule has 2 aromatic rings. The molecule has 1 atom stereocenters. The summed E-state index contributed by atoms with van der Waals surface area (Å²) in [7, 11) is -2.92. The minimum Gasteiger partial charge on any atom is -0.346 e. The third kappa shape index (κ3) is 4.36. The maximum Gasteiger partial charge on any atom is 0.252 e. The Balaban J connectivity index is 1.68. The lowest BCUT2D eigenvalue weighted by Crippen LogP contribution is -2.24. The van der Waals surface area contributed by atoms with Gasteiger partial charge in [-0.05, 0) is 30.7 Å². The number of thioether (sulfide) groups is 1. The molecular formula is C17H18N2O3S2. The highest BCUT2D eigenvalue weighted by Gasteiger charge is 2.29. The fraction of sp³-hybridized carbons (Fsp3) is 0.294. The van der Waals surface area contributed by atoms with Crippen LogP contribution in [0.15, 0.2) is 53.6 Å². The highest BCUT2D eigenvalue weighted by Crippen LogP contribution is 2.33. The molecule has 5 nitrogen and oxygen atoms in total. The summed E-state index contributed by atoms with van der Waals surface area (Å²) in [4.78, 5) is 17.5. The molecule has 0 aliphatic carbocycles. The van der Waals surface area contributed by atoms with Gasteiger partial charge < -0.3 is 5.32 Å². The molecule has 1 aromatic carbocycles. The standard InChI is InChI=1S/C17H18N2O3S2/c20-17(19-11-13-5-3-4-9-18-13)15-6-1-2-7-16(15)23-14-8-10-24(21,22)12-14/h1-7,9,14H,8,10-12H2,(H,19,20). The zero-order valence-electron chi connectivity index (χ0n) is 13.0. The zero-order chi connectivity index (χ0) is 17.0. The molecular weight excluding hydrogens is 344 g/mol. The summed E-state index contributed by atoms with van der Waals surface area (Å²) in [6, 6.07) is 12.9. The van der Waals surface area contributed by atoms with Crippen LogP contribution < -0.4 is 5.32 Å². The molecule has 2 heterocycles. The van der Waals surface area contributed by atoms with Crippen LogP contribution in [0.2, 0.25) is 0 Å². The summed E-state index contributed by atoms with van der Waals surface area (Å²) in [6.45, 7) is 0.358. The maximum absolute atomic E-state index is 12.5. The molecule has 0 bridgehead atoms. The van der Waals surface area contributed by atoms with Gasteiger partial charge in [-0.2, -0.15) is 0 Å². The van der Waals surface area contributed by atoms with Crippen LogP contribution in [-0.4, -0.2) is 36.1 Å². The Morgan fingerprint density at radius 1 is 1.21 bits per heavy atom. The number of hydrogen-bond acceptors (Lipinski definition) is 5. The van der Waals surface area contributed by atoms with Crippen LogP contribution in [0.5, 0.6) is 0 Å². The molecule has 1 amide bonds. The second kappa shape index (κ2) is 7.36. The summed E-state index contributed by atoms with van der Waals surface area (Å²) in [5.74, 6) is 0.241. The van der Waals surface area contributed by atoms with Crippen LogP contribution in [0.25, 0.3) is 0 Å². The minimum atomic E-state index is -2.92. The summed E-state index contributed by atoms with van der Waals surface area (Å²) < 4.78 is 23.2. The second-order valence-corrected chi connectivity index (χ2v) is 9.21. The molecule has 126 valence electrons. The highest BCUT2D eigenvalue weighted by atomic mass is 32.2. The number of hydrogen-bond donors (Lipinski definition) is 1. The highest BCUT2D eigenvalue weighted by molar-refractivity contribution is 8.02. The van der Waals surface area contributed by atoms with Crippen LogP contribution in [0.4, 0.5) is 0 Å². The molecule has 1 aliphatic rings. The Morgan fingerprint density at radius 2 is 2.00 bits per heavy atom. The van der Waals surface area contributed by atoms with E-state index in [1.807, 2.05) is 36.4 Å². The molecule has 0 radical (unpaired) electrons. The molecule has 24 heavy (non-hydrogen) atoms. The van der Waals surface area contributed by atoms with Crippen molar-refractivity contribution in [1.29, 1.82) is 0 Å². The number of benzene rings is 1. The van der Waals surface area contributed by atoms with Crippen LogP contribution in [0.1, 0.15) is 22.5 Å². The largest absolute Gasteiger partial charge is 0.346 e. The van der Waals surface area contributed by atoms with Crippen molar-refractivity contribution in [3.05, 3.63) is 59.9 Å². The van der Waals surface area contributed by atoms with Crippen LogP contribution in [-0.2, 0) is 16.4 Å². The van der Waals surface area contributed by atoms with Crippen LogP contribution in [0.3, 0.4) is 0 Å². The van der Waals surface area contributed by atoms with E-state index in [1.165, 1.54) is 11.8 Å². The van der Waals surface area contributed by atoms with E-state index in [0.29, 0.717) is 18.5 Å². The Kier molecular flexibility index (Phi) is 5.20. The topological polar surface area (TPSA) is 76.1 Å². The number of aromatic nitrogens is 1. The summed E-state index contributed by atoms with van der Waals surface area (Å²) >= 11 is 1.47. The maximum atomic E-state index is 12.5. The predicted octanol–water partition coefficient (Wildman–Crippen LogP) is 2.29. The van der Waals surface area contributed by atoms with Gasteiger partial charge in [-0.3, -0.25) is 9.78 Å². The van der Waals surface area contributed by atoms with Gasteiger partial charge in [0.2, 0.25) is 0 Å². The van der Waals surface area contributed by atoms with Crippen molar-refractivity contribution in [2.75, 3.05) is 11.5 Å². The fourth-order valence-corrected chi connectivity index (χ4v) is 6.19. The van der Waals surface area contributed by atoms with Crippen LogP contribution in [0, 0.1) is 0 Å². The van der Waals surface area contributed by atoms with Crippen molar-refractivity contribution in [3.63, 3.8) is 0 Å². The third-order valence-electron chi connectivity index (χ3n) is 3.77. The van der Waals surface area contributed by atoms with Gasteiger partial charge in [0.1, 0.15) is 0 Å². The average Bonchev–Trinajstić information content (AvgIpc) is 2.93. The fourth-order valence-electron chi connectivity index (χ4n) is 2.56. The van der Waals surface area contributed by atoms with Crippen molar-refractivity contribution < 1.29 is 13.2 Å². The molecule has 1 saturated heterocycles. The number of carbonyl (C=O) groups is 1. The Labute approximate surface area is 145 Å². The van der Waals surface area contributed by atoms with Gasteiger partial charge in [-0.1, -0.05) is 18.2 Å². The van der Waals surface area contributed by atoms with Gasteiger partial charge in [0.15, 0.2) is 9.84 Å². The SMILES string of the molecule is O=C(NCc1ccccn1)c1ccccc1SC1CCS(=O)(=O)C1. The lowest BCUT2D eigenvalue weighted by atomic mass is 10.2. The minimum absolute atomic E-state index is 0.0136.